The summed E-state index contributed by atoms with van der Waals surface area (Å²) in [6, 6.07) is 4.02. The third kappa shape index (κ3) is 4.28. The van der Waals surface area contributed by atoms with E-state index in [-0.39, 0.29) is 11.4 Å². The number of sulfonamides is 2. The third-order valence-electron chi connectivity index (χ3n) is 3.79. The van der Waals surface area contributed by atoms with Crippen LogP contribution in [0.5, 0.6) is 0 Å². The standard InChI is InChI=1S/C14H21FN2O4S2/c1-11(2)23(20,21)17-9-3-4-13(10-17)16-22(18,19)14-7-5-12(15)6-8-14/h5-8,11,13,16H,3-4,9-10H2,1-2H3. The van der Waals surface area contributed by atoms with Crippen molar-refractivity contribution in [3.8, 4) is 0 Å². The van der Waals surface area contributed by atoms with Gasteiger partial charge in [0.1, 0.15) is 5.82 Å². The van der Waals surface area contributed by atoms with Crippen LogP contribution in [0, 0.1) is 5.82 Å². The molecular formula is C14H21FN2O4S2. The van der Waals surface area contributed by atoms with Crippen molar-refractivity contribution in [2.75, 3.05) is 13.1 Å². The summed E-state index contributed by atoms with van der Waals surface area (Å²) in [5.74, 6) is -0.518. The van der Waals surface area contributed by atoms with Crippen molar-refractivity contribution in [2.24, 2.45) is 0 Å². The lowest BCUT2D eigenvalue weighted by Gasteiger charge is -2.33. The molecule has 1 N–H and O–H groups in total. The van der Waals surface area contributed by atoms with Crippen molar-refractivity contribution in [3.63, 3.8) is 0 Å². The molecule has 6 nitrogen and oxygen atoms in total. The predicted molar refractivity (Wildman–Crippen MR) is 85.4 cm³/mol. The molecule has 23 heavy (non-hydrogen) atoms. The van der Waals surface area contributed by atoms with Gasteiger partial charge in [-0.2, -0.15) is 0 Å². The van der Waals surface area contributed by atoms with Gasteiger partial charge in [-0.3, -0.25) is 0 Å². The van der Waals surface area contributed by atoms with Crippen molar-refractivity contribution < 1.29 is 21.2 Å². The average Bonchev–Trinajstić information content (AvgIpc) is 2.47. The number of hydrogen-bond acceptors (Lipinski definition) is 4. The first-order valence-electron chi connectivity index (χ1n) is 7.40. The molecule has 0 amide bonds. The van der Waals surface area contributed by atoms with Gasteiger partial charge in [-0.25, -0.2) is 30.3 Å². The summed E-state index contributed by atoms with van der Waals surface area (Å²) in [5.41, 5.74) is 0. The van der Waals surface area contributed by atoms with Crippen LogP contribution in [0.25, 0.3) is 0 Å². The van der Waals surface area contributed by atoms with Gasteiger partial charge in [0.2, 0.25) is 20.0 Å². The van der Waals surface area contributed by atoms with Crippen LogP contribution in [0.15, 0.2) is 29.2 Å². The minimum atomic E-state index is -3.80. The summed E-state index contributed by atoms with van der Waals surface area (Å²) < 4.78 is 65.8. The zero-order valence-electron chi connectivity index (χ0n) is 13.1. The van der Waals surface area contributed by atoms with Gasteiger partial charge in [0.25, 0.3) is 0 Å². The maximum Gasteiger partial charge on any atom is 0.240 e. The number of rotatable bonds is 5. The van der Waals surface area contributed by atoms with Crippen LogP contribution >= 0.6 is 0 Å². The molecule has 1 saturated heterocycles. The molecule has 0 radical (unpaired) electrons. The zero-order valence-corrected chi connectivity index (χ0v) is 14.7. The number of nitrogens with zero attached hydrogens (tertiary/aromatic N) is 1. The topological polar surface area (TPSA) is 83.6 Å². The highest BCUT2D eigenvalue weighted by Gasteiger charge is 2.32. The highest BCUT2D eigenvalue weighted by Crippen LogP contribution is 2.19. The highest BCUT2D eigenvalue weighted by molar-refractivity contribution is 7.90. The SMILES string of the molecule is CC(C)S(=O)(=O)N1CCCC(NS(=O)(=O)c2ccc(F)cc2)C1. The van der Waals surface area contributed by atoms with Crippen LogP contribution < -0.4 is 4.72 Å². The largest absolute Gasteiger partial charge is 0.240 e. The molecule has 130 valence electrons. The highest BCUT2D eigenvalue weighted by atomic mass is 32.2. The van der Waals surface area contributed by atoms with E-state index in [1.807, 2.05) is 0 Å². The number of hydrogen-bond donors (Lipinski definition) is 1. The average molecular weight is 364 g/mol. The lowest BCUT2D eigenvalue weighted by atomic mass is 10.1. The second kappa shape index (κ2) is 6.84. The maximum absolute atomic E-state index is 12.9. The molecule has 1 heterocycles. The van der Waals surface area contributed by atoms with Gasteiger partial charge in [-0.15, -0.1) is 0 Å². The molecule has 2 rings (SSSR count). The molecule has 1 unspecified atom stereocenters. The molecule has 1 aliphatic heterocycles. The molecule has 9 heteroatoms. The van der Waals surface area contributed by atoms with Gasteiger partial charge in [-0.1, -0.05) is 0 Å². The molecule has 1 atom stereocenters. The van der Waals surface area contributed by atoms with Crippen LogP contribution in [0.1, 0.15) is 26.7 Å². The zero-order chi connectivity index (χ0) is 17.3. The van der Waals surface area contributed by atoms with Crippen LogP contribution in [-0.2, 0) is 20.0 Å². The van der Waals surface area contributed by atoms with E-state index in [4.69, 9.17) is 0 Å². The minimum absolute atomic E-state index is 0.0391. The fourth-order valence-corrected chi connectivity index (χ4v) is 5.10. The first kappa shape index (κ1) is 18.3. The lowest BCUT2D eigenvalue weighted by Crippen LogP contribution is -2.50. The van der Waals surface area contributed by atoms with Crippen molar-refractivity contribution in [1.82, 2.24) is 9.03 Å². The number of piperidine rings is 1. The van der Waals surface area contributed by atoms with E-state index in [2.05, 4.69) is 4.72 Å². The summed E-state index contributed by atoms with van der Waals surface area (Å²) in [6.45, 7) is 3.71. The Kier molecular flexibility index (Phi) is 5.44. The first-order chi connectivity index (χ1) is 10.6. The molecule has 0 spiro atoms. The predicted octanol–water partition coefficient (Wildman–Crippen LogP) is 1.31. The Hall–Kier alpha value is -1.03. The molecule has 0 aromatic heterocycles. The molecule has 1 aliphatic rings. The van der Waals surface area contributed by atoms with E-state index in [1.54, 1.807) is 13.8 Å². The summed E-state index contributed by atoms with van der Waals surface area (Å²) in [5, 5.41) is -0.546. The third-order valence-corrected chi connectivity index (χ3v) is 7.56. The van der Waals surface area contributed by atoms with E-state index in [9.17, 15) is 21.2 Å². The number of nitrogens with one attached hydrogen (secondary N) is 1. The quantitative estimate of drug-likeness (QED) is 0.854. The van der Waals surface area contributed by atoms with Crippen LogP contribution in [-0.4, -0.2) is 45.5 Å². The van der Waals surface area contributed by atoms with Gasteiger partial charge >= 0.3 is 0 Å². The van der Waals surface area contributed by atoms with Crippen molar-refractivity contribution in [1.29, 1.82) is 0 Å². The fraction of sp³-hybridized carbons (Fsp3) is 0.571. The molecule has 1 aromatic carbocycles. The summed E-state index contributed by atoms with van der Waals surface area (Å²) in [4.78, 5) is -0.0391. The second-order valence-corrected chi connectivity index (χ2v) is 10.1. The first-order valence-corrected chi connectivity index (χ1v) is 10.4. The van der Waals surface area contributed by atoms with E-state index in [0.29, 0.717) is 19.4 Å². The Morgan fingerprint density at radius 3 is 2.35 bits per heavy atom. The summed E-state index contributed by atoms with van der Waals surface area (Å²) in [6.07, 6.45) is 1.15. The summed E-state index contributed by atoms with van der Waals surface area (Å²) >= 11 is 0. The summed E-state index contributed by atoms with van der Waals surface area (Å²) in [7, 11) is -7.21. The molecular weight excluding hydrogens is 343 g/mol. The van der Waals surface area contributed by atoms with E-state index in [0.717, 1.165) is 12.1 Å². The molecule has 1 fully saturated rings. The van der Waals surface area contributed by atoms with Crippen molar-refractivity contribution >= 4 is 20.0 Å². The molecule has 1 aromatic rings. The van der Waals surface area contributed by atoms with Gasteiger partial charge in [0.05, 0.1) is 10.1 Å². The monoisotopic (exact) mass is 364 g/mol. The van der Waals surface area contributed by atoms with E-state index >= 15 is 0 Å². The van der Waals surface area contributed by atoms with E-state index < -0.39 is 37.2 Å². The lowest BCUT2D eigenvalue weighted by molar-refractivity contribution is 0.301. The van der Waals surface area contributed by atoms with Crippen LogP contribution in [0.2, 0.25) is 0 Å². The van der Waals surface area contributed by atoms with Crippen molar-refractivity contribution in [2.45, 2.75) is 42.9 Å². The Morgan fingerprint density at radius 2 is 1.78 bits per heavy atom. The van der Waals surface area contributed by atoms with Crippen LogP contribution in [0.3, 0.4) is 0 Å². The minimum Gasteiger partial charge on any atom is -0.212 e. The van der Waals surface area contributed by atoms with E-state index in [1.165, 1.54) is 16.4 Å². The number of halogens is 1. The molecule has 0 aliphatic carbocycles. The Bertz CT molecular complexity index is 745. The maximum atomic E-state index is 12.9. The smallest absolute Gasteiger partial charge is 0.212 e. The fourth-order valence-electron chi connectivity index (χ4n) is 2.47. The van der Waals surface area contributed by atoms with Gasteiger partial charge in [-0.05, 0) is 51.0 Å². The number of benzene rings is 1. The second-order valence-electron chi connectivity index (χ2n) is 5.87. The van der Waals surface area contributed by atoms with Crippen molar-refractivity contribution in [3.05, 3.63) is 30.1 Å². The molecule has 0 saturated carbocycles. The van der Waals surface area contributed by atoms with Gasteiger partial charge in [0.15, 0.2) is 0 Å². The van der Waals surface area contributed by atoms with Gasteiger partial charge < -0.3 is 0 Å². The Labute approximate surface area is 136 Å². The van der Waals surface area contributed by atoms with Crippen LogP contribution in [0.4, 0.5) is 4.39 Å². The van der Waals surface area contributed by atoms with Gasteiger partial charge in [0, 0.05) is 19.1 Å². The normalized spacial score (nSPS) is 20.8. The Morgan fingerprint density at radius 1 is 1.17 bits per heavy atom. The Balaban J connectivity index is 2.12. The molecule has 0 bridgehead atoms.